The number of hydrogen-bond donors (Lipinski definition) is 2. The lowest BCUT2D eigenvalue weighted by atomic mass is 10.1. The Labute approximate surface area is 198 Å². The van der Waals surface area contributed by atoms with E-state index >= 15 is 0 Å². The molecule has 176 valence electrons. The number of para-hydroxylation sites is 2. The molecule has 0 aliphatic carbocycles. The van der Waals surface area contributed by atoms with Gasteiger partial charge in [0, 0.05) is 17.8 Å². The molecule has 0 radical (unpaired) electrons. The van der Waals surface area contributed by atoms with Crippen LogP contribution >= 0.6 is 0 Å². The summed E-state index contributed by atoms with van der Waals surface area (Å²) in [5, 5.41) is 0. The molecular formula is C26H29N5O3. The highest BCUT2D eigenvalue weighted by molar-refractivity contribution is 6.08. The van der Waals surface area contributed by atoms with Gasteiger partial charge in [-0.25, -0.2) is 9.98 Å². The van der Waals surface area contributed by atoms with Crippen LogP contribution in [0.25, 0.3) is 11.0 Å². The number of aromatic nitrogens is 2. The van der Waals surface area contributed by atoms with Crippen molar-refractivity contribution in [3.05, 3.63) is 84.3 Å². The van der Waals surface area contributed by atoms with E-state index in [0.29, 0.717) is 24.0 Å². The van der Waals surface area contributed by atoms with Crippen LogP contribution in [-0.4, -0.2) is 53.1 Å². The van der Waals surface area contributed by atoms with E-state index in [1.807, 2.05) is 24.3 Å². The van der Waals surface area contributed by atoms with E-state index in [2.05, 4.69) is 33.5 Å². The van der Waals surface area contributed by atoms with E-state index in [9.17, 15) is 4.79 Å². The number of fused-ring (bicyclic) bond motifs is 1. The van der Waals surface area contributed by atoms with Crippen LogP contribution in [0.5, 0.6) is 5.75 Å². The van der Waals surface area contributed by atoms with Crippen LogP contribution in [-0.2, 0) is 4.74 Å². The lowest BCUT2D eigenvalue weighted by Crippen LogP contribution is -2.26. The molecule has 0 amide bonds. The summed E-state index contributed by atoms with van der Waals surface area (Å²) in [6.45, 7) is 5.22. The smallest absolute Gasteiger partial charge is 0.280 e. The van der Waals surface area contributed by atoms with Gasteiger partial charge in [0.1, 0.15) is 5.75 Å². The Kier molecular flexibility index (Phi) is 7.39. The summed E-state index contributed by atoms with van der Waals surface area (Å²) in [6, 6.07) is 14.7. The van der Waals surface area contributed by atoms with Crippen molar-refractivity contribution >= 4 is 23.0 Å². The summed E-state index contributed by atoms with van der Waals surface area (Å²) < 4.78 is 11.6. The van der Waals surface area contributed by atoms with Crippen LogP contribution in [0.2, 0.25) is 0 Å². The van der Waals surface area contributed by atoms with E-state index in [0.717, 1.165) is 24.0 Å². The highest BCUT2D eigenvalue weighted by Crippen LogP contribution is 2.21. The first kappa shape index (κ1) is 23.3. The second-order valence-electron chi connectivity index (χ2n) is 8.16. The Bertz CT molecular complexity index is 1180. The monoisotopic (exact) mass is 459 g/mol. The number of H-pyrrole nitrogens is 1. The molecule has 2 aromatic carbocycles. The van der Waals surface area contributed by atoms with Crippen molar-refractivity contribution in [2.45, 2.75) is 25.3 Å². The molecule has 1 fully saturated rings. The Morgan fingerprint density at radius 1 is 1.29 bits per heavy atom. The second-order valence-corrected chi connectivity index (χ2v) is 8.16. The minimum absolute atomic E-state index is 0.0983. The highest BCUT2D eigenvalue weighted by atomic mass is 16.5. The number of hydrogen-bond acceptors (Lipinski definition) is 7. The number of rotatable bonds is 10. The third-order valence-electron chi connectivity index (χ3n) is 5.82. The van der Waals surface area contributed by atoms with Crippen LogP contribution in [0.1, 0.15) is 35.4 Å². The molecule has 1 aliphatic rings. The average molecular weight is 460 g/mol. The molecule has 8 nitrogen and oxygen atoms in total. The molecule has 2 heterocycles. The topological polar surface area (TPSA) is 106 Å². The van der Waals surface area contributed by atoms with E-state index < -0.39 is 0 Å². The lowest BCUT2D eigenvalue weighted by molar-refractivity contribution is 0.103. The highest BCUT2D eigenvalue weighted by Gasteiger charge is 2.21. The Morgan fingerprint density at radius 2 is 2.09 bits per heavy atom. The molecule has 1 saturated heterocycles. The predicted octanol–water partition coefficient (Wildman–Crippen LogP) is 4.02. The molecule has 1 unspecified atom stereocenters. The molecule has 0 spiro atoms. The number of nitrogens with two attached hydrogens (primary N) is 1. The fourth-order valence-corrected chi connectivity index (χ4v) is 3.95. The molecule has 3 aromatic rings. The zero-order chi connectivity index (χ0) is 23.9. The van der Waals surface area contributed by atoms with Gasteiger partial charge in [0.15, 0.2) is 5.82 Å². The molecule has 8 heteroatoms. The molecule has 34 heavy (non-hydrogen) atoms. The second kappa shape index (κ2) is 10.8. The minimum Gasteiger partial charge on any atom is -0.475 e. The Balaban J connectivity index is 1.42. The van der Waals surface area contributed by atoms with Crippen molar-refractivity contribution in [3.8, 4) is 5.75 Å². The Morgan fingerprint density at radius 3 is 2.79 bits per heavy atom. The quantitative estimate of drug-likeness (QED) is 0.270. The number of nitrogens with zero attached hydrogens (tertiary/aromatic N) is 3. The summed E-state index contributed by atoms with van der Waals surface area (Å²) in [5.74, 6) is 0.788. The number of ketones is 1. The number of nitrogens with one attached hydrogen (secondary N) is 1. The molecule has 4 rings (SSSR count). The zero-order valence-electron chi connectivity index (χ0n) is 19.2. The molecule has 1 aliphatic heterocycles. The number of carbonyl (C=O) groups is 1. The summed E-state index contributed by atoms with van der Waals surface area (Å²) in [4.78, 5) is 26.8. The van der Waals surface area contributed by atoms with Gasteiger partial charge in [0.05, 0.1) is 17.6 Å². The number of likely N-dealkylation sites (tertiary alicyclic amines) is 1. The van der Waals surface area contributed by atoms with Gasteiger partial charge in [-0.3, -0.25) is 4.79 Å². The van der Waals surface area contributed by atoms with Crippen LogP contribution in [0.4, 0.5) is 0 Å². The maximum absolute atomic E-state index is 12.8. The van der Waals surface area contributed by atoms with Gasteiger partial charge >= 0.3 is 0 Å². The van der Waals surface area contributed by atoms with Crippen molar-refractivity contribution in [3.63, 3.8) is 0 Å². The molecule has 0 saturated carbocycles. The summed E-state index contributed by atoms with van der Waals surface area (Å²) in [6.07, 6.45) is 6.27. The fraction of sp³-hybridized carbons (Fsp3) is 0.269. The largest absolute Gasteiger partial charge is 0.475 e. The van der Waals surface area contributed by atoms with Gasteiger partial charge in [-0.2, -0.15) is 0 Å². The van der Waals surface area contributed by atoms with E-state index in [1.165, 1.54) is 25.1 Å². The van der Waals surface area contributed by atoms with Crippen LogP contribution in [0, 0.1) is 0 Å². The number of benzene rings is 2. The number of aliphatic imine (C=N–C) groups is 1. The standard InChI is InChI=1S/C26H29N5O3/c1-3-15-28-26(24(27)33-17-14-19-7-6-16-31(19)2)34-20-12-10-18(11-13-20)23(32)25-29-21-8-4-5-9-22(21)30-25/h3-5,8-13,15,19H,1,6-7,14,16-17,27H2,2H3,(H,29,30)/b26-24-,28-15-. The molecule has 0 bridgehead atoms. The van der Waals surface area contributed by atoms with Gasteiger partial charge < -0.3 is 25.1 Å². The molecular weight excluding hydrogens is 430 g/mol. The van der Waals surface area contributed by atoms with Crippen LogP contribution in [0.3, 0.4) is 0 Å². The van der Waals surface area contributed by atoms with E-state index in [1.54, 1.807) is 24.3 Å². The SMILES string of the molecule is C=C/C=N\C(Oc1ccc(C(=O)c2nc3ccccc3[nH]2)cc1)=C(/N)OCCC1CCCN1C. The number of ether oxygens (including phenoxy) is 2. The van der Waals surface area contributed by atoms with E-state index in [-0.39, 0.29) is 23.4 Å². The minimum atomic E-state index is -0.206. The predicted molar refractivity (Wildman–Crippen MR) is 133 cm³/mol. The number of aromatic amines is 1. The van der Waals surface area contributed by atoms with Gasteiger partial charge in [-0.15, -0.1) is 0 Å². The van der Waals surface area contributed by atoms with Crippen molar-refractivity contribution in [1.29, 1.82) is 0 Å². The van der Waals surface area contributed by atoms with Crippen molar-refractivity contribution in [1.82, 2.24) is 14.9 Å². The van der Waals surface area contributed by atoms with Gasteiger partial charge in [-0.05, 0) is 69.3 Å². The third-order valence-corrected chi connectivity index (χ3v) is 5.82. The number of carbonyl (C=O) groups excluding carboxylic acids is 1. The number of allylic oxidation sites excluding steroid dienone is 1. The number of imidazole rings is 1. The zero-order valence-corrected chi connectivity index (χ0v) is 19.2. The van der Waals surface area contributed by atoms with Gasteiger partial charge in [0.2, 0.25) is 11.7 Å². The molecule has 1 aromatic heterocycles. The maximum atomic E-state index is 12.8. The first-order valence-electron chi connectivity index (χ1n) is 11.3. The van der Waals surface area contributed by atoms with E-state index in [4.69, 9.17) is 15.2 Å². The van der Waals surface area contributed by atoms with Gasteiger partial charge in [-0.1, -0.05) is 24.8 Å². The normalized spacial score (nSPS) is 17.1. The molecule has 3 N–H and O–H groups in total. The Hall–Kier alpha value is -3.91. The van der Waals surface area contributed by atoms with Crippen molar-refractivity contribution < 1.29 is 14.3 Å². The summed E-state index contributed by atoms with van der Waals surface area (Å²) in [7, 11) is 2.13. The average Bonchev–Trinajstić information content (AvgIpc) is 3.47. The molecule has 1 atom stereocenters. The first-order valence-corrected chi connectivity index (χ1v) is 11.3. The van der Waals surface area contributed by atoms with Crippen LogP contribution < -0.4 is 10.5 Å². The maximum Gasteiger partial charge on any atom is 0.280 e. The van der Waals surface area contributed by atoms with Gasteiger partial charge in [0.25, 0.3) is 5.88 Å². The van der Waals surface area contributed by atoms with Crippen molar-refractivity contribution in [2.24, 2.45) is 10.7 Å². The van der Waals surface area contributed by atoms with Crippen molar-refractivity contribution in [2.75, 3.05) is 20.2 Å². The van der Waals surface area contributed by atoms with Crippen LogP contribution in [0.15, 0.2) is 77.9 Å². The summed E-state index contributed by atoms with van der Waals surface area (Å²) >= 11 is 0. The fourth-order valence-electron chi connectivity index (χ4n) is 3.95. The third kappa shape index (κ3) is 5.52. The summed E-state index contributed by atoms with van der Waals surface area (Å²) in [5.41, 5.74) is 8.17. The first-order chi connectivity index (χ1) is 16.5. The lowest BCUT2D eigenvalue weighted by Gasteiger charge is -2.19.